The van der Waals surface area contributed by atoms with Gasteiger partial charge in [-0.05, 0) is 31.4 Å². The van der Waals surface area contributed by atoms with Gasteiger partial charge in [-0.3, -0.25) is 4.79 Å². The summed E-state index contributed by atoms with van der Waals surface area (Å²) in [7, 11) is 1.58. The van der Waals surface area contributed by atoms with Gasteiger partial charge in [0.05, 0.1) is 5.56 Å². The lowest BCUT2D eigenvalue weighted by Crippen LogP contribution is -2.36. The van der Waals surface area contributed by atoms with Crippen LogP contribution in [0.4, 0.5) is 18.9 Å². The molecular weight excluding hydrogens is 289 g/mol. The van der Waals surface area contributed by atoms with Crippen molar-refractivity contribution in [1.29, 1.82) is 0 Å². The Morgan fingerprint density at radius 1 is 1.45 bits per heavy atom. The molecule has 0 aromatic heterocycles. The number of rotatable bonds is 4. The van der Waals surface area contributed by atoms with Gasteiger partial charge in [0.2, 0.25) is 0 Å². The largest absolute Gasteiger partial charge is 0.418 e. The summed E-state index contributed by atoms with van der Waals surface area (Å²) in [6, 6.07) is 3.17. The molecule has 1 rings (SSSR count). The molecule has 0 spiro atoms. The second kappa shape index (κ2) is 6.39. The maximum absolute atomic E-state index is 12.8. The molecule has 20 heavy (non-hydrogen) atoms. The van der Waals surface area contributed by atoms with E-state index in [0.29, 0.717) is 5.75 Å². The fourth-order valence-electron chi connectivity index (χ4n) is 1.69. The highest BCUT2D eigenvalue weighted by Crippen LogP contribution is 2.34. The van der Waals surface area contributed by atoms with Crippen LogP contribution in [0.5, 0.6) is 0 Å². The summed E-state index contributed by atoms with van der Waals surface area (Å²) >= 11 is 1.57. The molecule has 0 aliphatic heterocycles. The van der Waals surface area contributed by atoms with Gasteiger partial charge in [0.25, 0.3) is 5.91 Å². The van der Waals surface area contributed by atoms with Crippen molar-refractivity contribution < 1.29 is 18.0 Å². The van der Waals surface area contributed by atoms with Crippen molar-refractivity contribution in [3.8, 4) is 0 Å². The molecule has 0 bridgehead atoms. The topological polar surface area (TPSA) is 46.3 Å². The van der Waals surface area contributed by atoms with Crippen LogP contribution in [0.1, 0.15) is 22.8 Å². The quantitative estimate of drug-likeness (QED) is 0.869. The Labute approximate surface area is 120 Å². The molecule has 0 aliphatic rings. The van der Waals surface area contributed by atoms with Crippen LogP contribution in [-0.4, -0.2) is 35.9 Å². The van der Waals surface area contributed by atoms with E-state index in [4.69, 9.17) is 5.73 Å². The number of carbonyl (C=O) groups excluding carboxylic acids is 1. The molecule has 1 amide bonds. The third kappa shape index (κ3) is 3.82. The molecule has 7 heteroatoms. The predicted octanol–water partition coefficient (Wildman–Crippen LogP) is 3.11. The lowest BCUT2D eigenvalue weighted by Gasteiger charge is -2.24. The molecule has 0 radical (unpaired) electrons. The smallest absolute Gasteiger partial charge is 0.398 e. The number of halogens is 3. The average Bonchev–Trinajstić information content (AvgIpc) is 2.36. The third-order valence-corrected chi connectivity index (χ3v) is 3.81. The number of alkyl halides is 3. The minimum atomic E-state index is -4.57. The number of nitrogens with zero attached hydrogens (tertiary/aromatic N) is 1. The summed E-state index contributed by atoms with van der Waals surface area (Å²) < 4.78 is 38.3. The van der Waals surface area contributed by atoms with Crippen molar-refractivity contribution in [3.63, 3.8) is 0 Å². The van der Waals surface area contributed by atoms with Crippen LogP contribution in [0, 0.1) is 0 Å². The Bertz CT molecular complexity index is 491. The van der Waals surface area contributed by atoms with Crippen molar-refractivity contribution in [2.45, 2.75) is 19.1 Å². The molecule has 1 unspecified atom stereocenters. The first-order chi connectivity index (χ1) is 9.18. The van der Waals surface area contributed by atoms with Crippen LogP contribution in [0.15, 0.2) is 18.2 Å². The van der Waals surface area contributed by atoms with Crippen LogP contribution in [0.25, 0.3) is 0 Å². The van der Waals surface area contributed by atoms with Crippen molar-refractivity contribution >= 4 is 23.4 Å². The van der Waals surface area contributed by atoms with E-state index in [9.17, 15) is 18.0 Å². The zero-order valence-electron chi connectivity index (χ0n) is 11.5. The Morgan fingerprint density at radius 2 is 2.05 bits per heavy atom. The normalized spacial score (nSPS) is 13.1. The van der Waals surface area contributed by atoms with E-state index < -0.39 is 17.6 Å². The van der Waals surface area contributed by atoms with Crippen molar-refractivity contribution in [3.05, 3.63) is 29.3 Å². The monoisotopic (exact) mass is 306 g/mol. The summed E-state index contributed by atoms with van der Waals surface area (Å²) in [4.78, 5) is 13.6. The highest BCUT2D eigenvalue weighted by atomic mass is 32.2. The first-order valence-electron chi connectivity index (χ1n) is 5.91. The van der Waals surface area contributed by atoms with Gasteiger partial charge in [0.1, 0.15) is 0 Å². The maximum Gasteiger partial charge on any atom is 0.418 e. The van der Waals surface area contributed by atoms with Gasteiger partial charge in [-0.1, -0.05) is 0 Å². The molecule has 0 saturated heterocycles. The van der Waals surface area contributed by atoms with Gasteiger partial charge in [-0.15, -0.1) is 0 Å². The summed E-state index contributed by atoms with van der Waals surface area (Å²) in [5, 5.41) is 0. The van der Waals surface area contributed by atoms with Gasteiger partial charge < -0.3 is 10.6 Å². The third-order valence-electron chi connectivity index (χ3n) is 3.00. The molecule has 0 saturated carbocycles. The number of hydrogen-bond acceptors (Lipinski definition) is 3. The predicted molar refractivity (Wildman–Crippen MR) is 75.8 cm³/mol. The molecule has 1 atom stereocenters. The fraction of sp³-hybridized carbons (Fsp3) is 0.462. The van der Waals surface area contributed by atoms with E-state index in [0.717, 1.165) is 12.1 Å². The summed E-state index contributed by atoms with van der Waals surface area (Å²) in [6.45, 7) is 1.84. The molecule has 0 aliphatic carbocycles. The standard InChI is InChI=1S/C13H17F3N2OS/c1-8(7-20-3)18(2)12(19)9-4-5-11(17)10(6-9)13(14,15)16/h4-6,8H,7,17H2,1-3H3. The first-order valence-corrected chi connectivity index (χ1v) is 7.30. The summed E-state index contributed by atoms with van der Waals surface area (Å²) in [5.74, 6) is 0.264. The van der Waals surface area contributed by atoms with E-state index in [1.165, 1.54) is 11.0 Å². The zero-order valence-corrected chi connectivity index (χ0v) is 12.3. The number of amides is 1. The fourth-order valence-corrected chi connectivity index (χ4v) is 2.40. The molecule has 1 aromatic carbocycles. The van der Waals surface area contributed by atoms with Crippen molar-refractivity contribution in [1.82, 2.24) is 4.90 Å². The second-order valence-corrected chi connectivity index (χ2v) is 5.43. The molecule has 3 nitrogen and oxygen atoms in total. The van der Waals surface area contributed by atoms with Crippen molar-refractivity contribution in [2.24, 2.45) is 0 Å². The minimum absolute atomic E-state index is 0.0121. The van der Waals surface area contributed by atoms with Gasteiger partial charge in [0.15, 0.2) is 0 Å². The summed E-state index contributed by atoms with van der Waals surface area (Å²) in [5.41, 5.74) is 3.94. The number of anilines is 1. The second-order valence-electron chi connectivity index (χ2n) is 4.52. The molecule has 0 fully saturated rings. The lowest BCUT2D eigenvalue weighted by molar-refractivity contribution is -0.136. The Morgan fingerprint density at radius 3 is 2.55 bits per heavy atom. The molecule has 1 aromatic rings. The van der Waals surface area contributed by atoms with Crippen LogP contribution in [-0.2, 0) is 6.18 Å². The van der Waals surface area contributed by atoms with Crippen LogP contribution in [0.2, 0.25) is 0 Å². The van der Waals surface area contributed by atoms with E-state index in [2.05, 4.69) is 0 Å². The van der Waals surface area contributed by atoms with Crippen LogP contribution in [0.3, 0.4) is 0 Å². The Balaban J connectivity index is 3.06. The number of nitrogens with two attached hydrogens (primary N) is 1. The highest BCUT2D eigenvalue weighted by Gasteiger charge is 2.34. The van der Waals surface area contributed by atoms with Gasteiger partial charge in [0, 0.05) is 30.1 Å². The molecular formula is C13H17F3N2OS. The van der Waals surface area contributed by atoms with Crippen LogP contribution >= 0.6 is 11.8 Å². The number of carbonyl (C=O) groups is 1. The van der Waals surface area contributed by atoms with E-state index in [1.54, 1.807) is 18.8 Å². The SMILES string of the molecule is CSCC(C)N(C)C(=O)c1ccc(N)c(C(F)(F)F)c1. The molecule has 112 valence electrons. The molecule has 0 heterocycles. The Hall–Kier alpha value is -1.37. The summed E-state index contributed by atoms with van der Waals surface area (Å²) in [6.07, 6.45) is -2.66. The van der Waals surface area contributed by atoms with E-state index in [1.807, 2.05) is 13.2 Å². The van der Waals surface area contributed by atoms with Gasteiger partial charge in [-0.2, -0.15) is 24.9 Å². The van der Waals surface area contributed by atoms with Crippen LogP contribution < -0.4 is 5.73 Å². The molecule has 2 N–H and O–H groups in total. The number of nitrogen functional groups attached to an aromatic ring is 1. The number of benzene rings is 1. The average molecular weight is 306 g/mol. The van der Waals surface area contributed by atoms with Gasteiger partial charge in [-0.25, -0.2) is 0 Å². The zero-order chi connectivity index (χ0) is 15.5. The maximum atomic E-state index is 12.8. The Kier molecular flexibility index (Phi) is 5.33. The van der Waals surface area contributed by atoms with Crippen molar-refractivity contribution in [2.75, 3.05) is 24.8 Å². The highest BCUT2D eigenvalue weighted by molar-refractivity contribution is 7.98. The van der Waals surface area contributed by atoms with Gasteiger partial charge >= 0.3 is 6.18 Å². The number of hydrogen-bond donors (Lipinski definition) is 1. The van der Waals surface area contributed by atoms with E-state index in [-0.39, 0.29) is 17.3 Å². The minimum Gasteiger partial charge on any atom is -0.398 e. The van der Waals surface area contributed by atoms with E-state index >= 15 is 0 Å². The first kappa shape index (κ1) is 16.7. The number of thioether (sulfide) groups is 1. The lowest BCUT2D eigenvalue weighted by atomic mass is 10.1.